The normalized spacial score (nSPS) is 15.2. The first-order chi connectivity index (χ1) is 12.8. The fraction of sp³-hybridized carbons (Fsp3) is 0.318. The lowest BCUT2D eigenvalue weighted by Gasteiger charge is -2.23. The average molecular weight is 350 g/mol. The Hall–Kier alpha value is -2.59. The van der Waals surface area contributed by atoms with E-state index in [1.54, 1.807) is 0 Å². The maximum Gasteiger partial charge on any atom is 0.0923 e. The summed E-state index contributed by atoms with van der Waals surface area (Å²) in [5, 5.41) is 11.2. The van der Waals surface area contributed by atoms with Crippen molar-refractivity contribution in [3.05, 3.63) is 60.8 Å². The van der Waals surface area contributed by atoms with E-state index in [1.807, 2.05) is 49.0 Å². The van der Waals surface area contributed by atoms with Gasteiger partial charge in [0, 0.05) is 49.2 Å². The molecule has 2 aromatic carbocycles. The van der Waals surface area contributed by atoms with Gasteiger partial charge in [0.05, 0.1) is 18.9 Å². The van der Waals surface area contributed by atoms with Gasteiger partial charge in [-0.05, 0) is 31.1 Å². The van der Waals surface area contributed by atoms with Crippen LogP contribution in [0, 0.1) is 0 Å². The summed E-state index contributed by atoms with van der Waals surface area (Å²) in [6.07, 6.45) is 13.6. The zero-order valence-corrected chi connectivity index (χ0v) is 15.8. The summed E-state index contributed by atoms with van der Waals surface area (Å²) in [5.74, 6) is 0. The largest absolute Gasteiger partial charge is 0.371 e. The Labute approximate surface area is 156 Å². The smallest absolute Gasteiger partial charge is 0.0923 e. The predicted molar refractivity (Wildman–Crippen MR) is 113 cm³/mol. The van der Waals surface area contributed by atoms with Crippen LogP contribution in [0.5, 0.6) is 0 Å². The summed E-state index contributed by atoms with van der Waals surface area (Å²) in [4.78, 5) is 2.50. The number of quaternary nitrogens is 1. The maximum atomic E-state index is 4.60. The number of nitrogens with zero attached hydrogens (tertiary/aromatic N) is 3. The van der Waals surface area contributed by atoms with Crippen molar-refractivity contribution in [2.45, 2.75) is 19.3 Å². The number of benzene rings is 2. The molecule has 0 saturated carbocycles. The third-order valence-electron chi connectivity index (χ3n) is 4.72. The van der Waals surface area contributed by atoms with Crippen LogP contribution in [0.25, 0.3) is 10.8 Å². The van der Waals surface area contributed by atoms with E-state index in [2.05, 4.69) is 52.5 Å². The van der Waals surface area contributed by atoms with E-state index in [-0.39, 0.29) is 0 Å². The molecule has 0 aliphatic carbocycles. The van der Waals surface area contributed by atoms with E-state index in [0.29, 0.717) is 0 Å². The van der Waals surface area contributed by atoms with Crippen molar-refractivity contribution in [2.24, 2.45) is 5.10 Å². The average Bonchev–Trinajstić information content (AvgIpc) is 3.21. The minimum absolute atomic E-state index is 0.822. The molecule has 0 aromatic heterocycles. The molecule has 3 rings (SSSR count). The molecule has 4 heteroatoms. The standard InChI is InChI=1S/C22H28N4/c1-23-15-7-3-4-8-16-24-25(2)21-13-14-22(26-17-9-10-18-26)20-12-6-5-11-19(20)21/h3-7,11-16,23H,8-10,17-18H2,1-2H3/p+1/b4-3-,15-7-,24-16+. The van der Waals surface area contributed by atoms with Gasteiger partial charge in [0.25, 0.3) is 0 Å². The van der Waals surface area contributed by atoms with Crippen molar-refractivity contribution in [3.63, 3.8) is 0 Å². The molecular weight excluding hydrogens is 320 g/mol. The van der Waals surface area contributed by atoms with E-state index < -0.39 is 0 Å². The topological polar surface area (TPSA) is 35.5 Å². The monoisotopic (exact) mass is 349 g/mol. The first-order valence-corrected chi connectivity index (χ1v) is 9.45. The molecule has 0 bridgehead atoms. The SMILES string of the molecule is C[NH2+]/C=C\C=C/C/C=N/N(C)c1ccc(N2CCCC2)c2ccccc12. The Morgan fingerprint density at radius 1 is 1.08 bits per heavy atom. The Morgan fingerprint density at radius 2 is 1.85 bits per heavy atom. The highest BCUT2D eigenvalue weighted by Crippen LogP contribution is 2.35. The highest BCUT2D eigenvalue weighted by Gasteiger charge is 2.16. The van der Waals surface area contributed by atoms with Gasteiger partial charge in [-0.25, -0.2) is 0 Å². The van der Waals surface area contributed by atoms with E-state index in [1.165, 1.54) is 29.3 Å². The summed E-state index contributed by atoms with van der Waals surface area (Å²) < 4.78 is 0. The highest BCUT2D eigenvalue weighted by molar-refractivity contribution is 6.02. The molecule has 0 spiro atoms. The Bertz CT molecular complexity index is 801. The molecule has 1 aliphatic rings. The van der Waals surface area contributed by atoms with Gasteiger partial charge in [0.2, 0.25) is 0 Å². The molecule has 4 nitrogen and oxygen atoms in total. The molecule has 2 N–H and O–H groups in total. The minimum atomic E-state index is 0.822. The fourth-order valence-corrected chi connectivity index (χ4v) is 3.41. The molecule has 1 saturated heterocycles. The van der Waals surface area contributed by atoms with Crippen LogP contribution in [0.15, 0.2) is 65.9 Å². The fourth-order valence-electron chi connectivity index (χ4n) is 3.41. The van der Waals surface area contributed by atoms with Gasteiger partial charge in [-0.2, -0.15) is 5.10 Å². The number of allylic oxidation sites excluding steroid dienone is 3. The second kappa shape index (κ2) is 9.20. The number of rotatable bonds is 7. The lowest BCUT2D eigenvalue weighted by Crippen LogP contribution is -2.72. The molecule has 1 heterocycles. The summed E-state index contributed by atoms with van der Waals surface area (Å²) in [7, 11) is 4.03. The second-order valence-corrected chi connectivity index (χ2v) is 6.55. The molecule has 136 valence electrons. The van der Waals surface area contributed by atoms with Crippen LogP contribution in [-0.4, -0.2) is 33.4 Å². The number of nitrogens with two attached hydrogens (primary N) is 1. The van der Waals surface area contributed by atoms with Crippen molar-refractivity contribution in [1.29, 1.82) is 0 Å². The van der Waals surface area contributed by atoms with Gasteiger partial charge in [0.15, 0.2) is 0 Å². The number of hydrogen-bond donors (Lipinski definition) is 1. The van der Waals surface area contributed by atoms with Gasteiger partial charge in [0.1, 0.15) is 0 Å². The Balaban J connectivity index is 1.78. The first-order valence-electron chi connectivity index (χ1n) is 9.45. The van der Waals surface area contributed by atoms with Crippen LogP contribution in [0.4, 0.5) is 11.4 Å². The van der Waals surface area contributed by atoms with Crippen LogP contribution >= 0.6 is 0 Å². The quantitative estimate of drug-likeness (QED) is 0.472. The van der Waals surface area contributed by atoms with Crippen LogP contribution in [0.3, 0.4) is 0 Å². The van der Waals surface area contributed by atoms with E-state index >= 15 is 0 Å². The van der Waals surface area contributed by atoms with Crippen LogP contribution in [-0.2, 0) is 0 Å². The van der Waals surface area contributed by atoms with Gasteiger partial charge < -0.3 is 10.2 Å². The van der Waals surface area contributed by atoms with E-state index in [4.69, 9.17) is 0 Å². The van der Waals surface area contributed by atoms with Crippen LogP contribution in [0.1, 0.15) is 19.3 Å². The second-order valence-electron chi connectivity index (χ2n) is 6.55. The molecule has 0 unspecified atom stereocenters. The van der Waals surface area contributed by atoms with Crippen molar-refractivity contribution < 1.29 is 5.32 Å². The van der Waals surface area contributed by atoms with Crippen molar-refractivity contribution >= 4 is 28.4 Å². The summed E-state index contributed by atoms with van der Waals surface area (Å²) in [5.41, 5.74) is 2.49. The molecule has 26 heavy (non-hydrogen) atoms. The maximum absolute atomic E-state index is 4.60. The molecule has 1 aliphatic heterocycles. The van der Waals surface area contributed by atoms with Crippen molar-refractivity contribution in [1.82, 2.24) is 0 Å². The lowest BCUT2D eigenvalue weighted by atomic mass is 10.1. The molecule has 0 atom stereocenters. The van der Waals surface area contributed by atoms with E-state index in [9.17, 15) is 0 Å². The van der Waals surface area contributed by atoms with Crippen molar-refractivity contribution in [2.75, 3.05) is 37.1 Å². The van der Waals surface area contributed by atoms with Gasteiger partial charge >= 0.3 is 0 Å². The predicted octanol–water partition coefficient (Wildman–Crippen LogP) is 3.52. The lowest BCUT2D eigenvalue weighted by molar-refractivity contribution is -0.556. The summed E-state index contributed by atoms with van der Waals surface area (Å²) >= 11 is 0. The molecular formula is C22H29N4+. The zero-order chi connectivity index (χ0) is 18.2. The highest BCUT2D eigenvalue weighted by atomic mass is 15.4. The number of hydrogen-bond acceptors (Lipinski definition) is 3. The minimum Gasteiger partial charge on any atom is -0.371 e. The van der Waals surface area contributed by atoms with Gasteiger partial charge in [-0.3, -0.25) is 5.01 Å². The Kier molecular flexibility index (Phi) is 6.45. The molecule has 2 aromatic rings. The summed E-state index contributed by atoms with van der Waals surface area (Å²) in [6.45, 7) is 2.32. The van der Waals surface area contributed by atoms with E-state index in [0.717, 1.165) is 25.2 Å². The van der Waals surface area contributed by atoms with Gasteiger partial charge in [-0.1, -0.05) is 36.4 Å². The van der Waals surface area contributed by atoms with Crippen LogP contribution in [0.2, 0.25) is 0 Å². The third-order valence-corrected chi connectivity index (χ3v) is 4.72. The number of fused-ring (bicyclic) bond motifs is 1. The van der Waals surface area contributed by atoms with Gasteiger partial charge in [-0.15, -0.1) is 0 Å². The number of hydrazone groups is 1. The third kappa shape index (κ3) is 4.33. The molecule has 0 amide bonds. The van der Waals surface area contributed by atoms with Crippen molar-refractivity contribution in [3.8, 4) is 0 Å². The van der Waals surface area contributed by atoms with Crippen LogP contribution < -0.4 is 15.2 Å². The molecule has 0 radical (unpaired) electrons. The number of anilines is 2. The zero-order valence-electron chi connectivity index (χ0n) is 15.8. The first kappa shape index (κ1) is 18.2. The Morgan fingerprint density at radius 3 is 2.62 bits per heavy atom. The molecule has 1 fully saturated rings. The summed E-state index contributed by atoms with van der Waals surface area (Å²) in [6, 6.07) is 13.1.